The van der Waals surface area contributed by atoms with Gasteiger partial charge < -0.3 is 0 Å². The van der Waals surface area contributed by atoms with Crippen molar-refractivity contribution in [3.8, 4) is 11.1 Å². The molecule has 1 saturated carbocycles. The van der Waals surface area contributed by atoms with E-state index in [2.05, 4.69) is 48.5 Å². The first-order chi connectivity index (χ1) is 8.95. The van der Waals surface area contributed by atoms with Crippen LogP contribution in [0.4, 0.5) is 0 Å². The summed E-state index contributed by atoms with van der Waals surface area (Å²) >= 11 is 0. The Labute approximate surface area is 109 Å². The molecule has 4 rings (SSSR count). The van der Waals surface area contributed by atoms with Crippen LogP contribution in [0.3, 0.4) is 0 Å². The van der Waals surface area contributed by atoms with Crippen molar-refractivity contribution in [2.24, 2.45) is 0 Å². The Morgan fingerprint density at radius 3 is 2.33 bits per heavy atom. The van der Waals surface area contributed by atoms with Crippen LogP contribution in [0.25, 0.3) is 11.1 Å². The number of hydrogen-bond acceptors (Lipinski definition) is 0. The van der Waals surface area contributed by atoms with E-state index in [0.717, 1.165) is 11.8 Å². The first-order valence-corrected chi connectivity index (χ1v) is 7.13. The predicted octanol–water partition coefficient (Wildman–Crippen LogP) is 5.11. The lowest BCUT2D eigenvalue weighted by Gasteiger charge is -2.44. The zero-order valence-electron chi connectivity index (χ0n) is 10.6. The van der Waals surface area contributed by atoms with E-state index in [4.69, 9.17) is 0 Å². The molecule has 0 spiro atoms. The van der Waals surface area contributed by atoms with E-state index in [9.17, 15) is 0 Å². The molecular weight excluding hydrogens is 216 g/mol. The second kappa shape index (κ2) is 3.98. The molecule has 2 atom stereocenters. The molecule has 2 aliphatic carbocycles. The Hall–Kier alpha value is -1.56. The molecule has 2 aliphatic rings. The second-order valence-electron chi connectivity index (χ2n) is 5.67. The van der Waals surface area contributed by atoms with Crippen molar-refractivity contribution in [2.75, 3.05) is 0 Å². The number of hydrogen-bond donors (Lipinski definition) is 0. The first-order valence-electron chi connectivity index (χ1n) is 7.13. The van der Waals surface area contributed by atoms with Crippen LogP contribution in [-0.2, 0) is 0 Å². The van der Waals surface area contributed by atoms with E-state index in [0.29, 0.717) is 0 Å². The molecule has 2 aromatic rings. The Kier molecular flexibility index (Phi) is 2.29. The smallest absolute Gasteiger partial charge is 0.00840 e. The number of rotatable bonds is 1. The van der Waals surface area contributed by atoms with Gasteiger partial charge in [0.05, 0.1) is 0 Å². The molecule has 0 aliphatic heterocycles. The van der Waals surface area contributed by atoms with Gasteiger partial charge in [0.25, 0.3) is 0 Å². The van der Waals surface area contributed by atoms with Crippen molar-refractivity contribution in [1.82, 2.24) is 0 Å². The minimum atomic E-state index is 0.852. The highest BCUT2D eigenvalue weighted by Gasteiger charge is 2.40. The highest BCUT2D eigenvalue weighted by molar-refractivity contribution is 5.73. The van der Waals surface area contributed by atoms with Gasteiger partial charge in [-0.2, -0.15) is 0 Å². The van der Waals surface area contributed by atoms with E-state index in [-0.39, 0.29) is 0 Å². The van der Waals surface area contributed by atoms with Crippen LogP contribution in [0.2, 0.25) is 0 Å². The Balaban J connectivity index is 1.85. The summed E-state index contributed by atoms with van der Waals surface area (Å²) in [5.74, 6) is 1.72. The molecular formula is C18H18. The number of benzene rings is 2. The molecule has 0 saturated heterocycles. The Bertz CT molecular complexity index is 568. The monoisotopic (exact) mass is 234 g/mol. The summed E-state index contributed by atoms with van der Waals surface area (Å²) < 4.78 is 0. The quantitative estimate of drug-likeness (QED) is 0.643. The van der Waals surface area contributed by atoms with Crippen LogP contribution < -0.4 is 0 Å². The third-order valence-corrected chi connectivity index (χ3v) is 4.76. The van der Waals surface area contributed by atoms with Crippen LogP contribution >= 0.6 is 0 Å². The molecule has 0 nitrogen and oxygen atoms in total. The summed E-state index contributed by atoms with van der Waals surface area (Å²) in [6.45, 7) is 0. The van der Waals surface area contributed by atoms with Crippen molar-refractivity contribution in [3.05, 3.63) is 59.7 Å². The fraction of sp³-hybridized carbons (Fsp3) is 0.333. The maximum absolute atomic E-state index is 2.36. The van der Waals surface area contributed by atoms with Crippen LogP contribution in [-0.4, -0.2) is 0 Å². The number of fused-ring (bicyclic) bond motifs is 4. The molecule has 90 valence electrons. The van der Waals surface area contributed by atoms with Gasteiger partial charge in [-0.1, -0.05) is 61.4 Å². The van der Waals surface area contributed by atoms with Gasteiger partial charge in [-0.15, -0.1) is 0 Å². The lowest BCUT2D eigenvalue weighted by Crippen LogP contribution is -2.28. The van der Waals surface area contributed by atoms with Crippen LogP contribution in [0.5, 0.6) is 0 Å². The van der Waals surface area contributed by atoms with Crippen LogP contribution in [0.1, 0.15) is 48.6 Å². The maximum atomic E-state index is 2.36. The van der Waals surface area contributed by atoms with E-state index < -0.39 is 0 Å². The molecule has 2 aromatic carbocycles. The SMILES string of the molecule is c1ccc(-c2cccc3c2C2CCCCC32)cc1. The van der Waals surface area contributed by atoms with Crippen molar-refractivity contribution >= 4 is 0 Å². The fourth-order valence-corrected chi connectivity index (χ4v) is 3.94. The minimum Gasteiger partial charge on any atom is -0.0622 e. The maximum Gasteiger partial charge on any atom is -0.00840 e. The summed E-state index contributed by atoms with van der Waals surface area (Å²) in [5, 5.41) is 0. The van der Waals surface area contributed by atoms with E-state index in [1.165, 1.54) is 36.8 Å². The topological polar surface area (TPSA) is 0 Å². The van der Waals surface area contributed by atoms with Crippen molar-refractivity contribution in [1.29, 1.82) is 0 Å². The lowest BCUT2D eigenvalue weighted by molar-refractivity contribution is 0.342. The third-order valence-electron chi connectivity index (χ3n) is 4.76. The Morgan fingerprint density at radius 2 is 1.50 bits per heavy atom. The molecule has 0 bridgehead atoms. The first kappa shape index (κ1) is 10.4. The van der Waals surface area contributed by atoms with Gasteiger partial charge in [-0.3, -0.25) is 0 Å². The van der Waals surface area contributed by atoms with E-state index in [1.807, 2.05) is 0 Å². The molecule has 0 aromatic heterocycles. The fourth-order valence-electron chi connectivity index (χ4n) is 3.94. The molecule has 0 heterocycles. The second-order valence-corrected chi connectivity index (χ2v) is 5.67. The van der Waals surface area contributed by atoms with Gasteiger partial charge in [0, 0.05) is 0 Å². The molecule has 0 N–H and O–H groups in total. The normalized spacial score (nSPS) is 24.9. The molecule has 0 heteroatoms. The van der Waals surface area contributed by atoms with E-state index >= 15 is 0 Å². The third kappa shape index (κ3) is 1.38. The van der Waals surface area contributed by atoms with Gasteiger partial charge in [0.2, 0.25) is 0 Å². The summed E-state index contributed by atoms with van der Waals surface area (Å²) in [7, 11) is 0. The minimum absolute atomic E-state index is 0.852. The highest BCUT2D eigenvalue weighted by atomic mass is 14.4. The zero-order valence-corrected chi connectivity index (χ0v) is 10.6. The average Bonchev–Trinajstić information content (AvgIpc) is 2.45. The molecule has 1 fully saturated rings. The molecule has 0 amide bonds. The van der Waals surface area contributed by atoms with Crippen LogP contribution in [0, 0.1) is 0 Å². The molecule has 0 radical (unpaired) electrons. The van der Waals surface area contributed by atoms with Crippen molar-refractivity contribution < 1.29 is 0 Å². The van der Waals surface area contributed by atoms with Crippen LogP contribution in [0.15, 0.2) is 48.5 Å². The van der Waals surface area contributed by atoms with Gasteiger partial charge >= 0.3 is 0 Å². The zero-order chi connectivity index (χ0) is 11.9. The van der Waals surface area contributed by atoms with Crippen molar-refractivity contribution in [2.45, 2.75) is 37.5 Å². The van der Waals surface area contributed by atoms with Crippen molar-refractivity contribution in [3.63, 3.8) is 0 Å². The average molecular weight is 234 g/mol. The highest BCUT2D eigenvalue weighted by Crippen LogP contribution is 2.57. The van der Waals surface area contributed by atoms with Gasteiger partial charge in [0.1, 0.15) is 0 Å². The standard InChI is InChI=1S/C18H18/c1-2-7-13(8-3-1)14-11-6-12-17-15-9-4-5-10-16(15)18(14)17/h1-3,6-8,11-12,15-16H,4-5,9-10H2. The van der Waals surface area contributed by atoms with Gasteiger partial charge in [-0.05, 0) is 46.9 Å². The molecule has 18 heavy (non-hydrogen) atoms. The Morgan fingerprint density at radius 1 is 0.722 bits per heavy atom. The lowest BCUT2D eigenvalue weighted by atomic mass is 9.60. The molecule has 2 unspecified atom stereocenters. The van der Waals surface area contributed by atoms with E-state index in [1.54, 1.807) is 11.1 Å². The summed E-state index contributed by atoms with van der Waals surface area (Å²) in [4.78, 5) is 0. The summed E-state index contributed by atoms with van der Waals surface area (Å²) in [6, 6.07) is 17.8. The summed E-state index contributed by atoms with van der Waals surface area (Å²) in [5.41, 5.74) is 6.17. The van der Waals surface area contributed by atoms with Gasteiger partial charge in [0.15, 0.2) is 0 Å². The summed E-state index contributed by atoms with van der Waals surface area (Å²) in [6.07, 6.45) is 5.66. The predicted molar refractivity (Wildman–Crippen MR) is 75.8 cm³/mol. The largest absolute Gasteiger partial charge is 0.0622 e. The van der Waals surface area contributed by atoms with Gasteiger partial charge in [-0.25, -0.2) is 0 Å².